The molecule has 0 heterocycles. The second-order valence-corrected chi connectivity index (χ2v) is 9.39. The molecule has 3 nitrogen and oxygen atoms in total. The Balaban J connectivity index is 1.63. The number of hydrogen-bond donors (Lipinski definition) is 1. The number of halogens is 1. The van der Waals surface area contributed by atoms with Gasteiger partial charge in [0.15, 0.2) is 0 Å². The molecule has 0 aromatic heterocycles. The highest BCUT2D eigenvalue weighted by atomic mass is 79.9. The monoisotopic (exact) mass is 343 g/mol. The maximum Gasteiger partial charge on any atom is 0.220 e. The lowest BCUT2D eigenvalue weighted by Gasteiger charge is -2.60. The molecule has 1 amide bonds. The van der Waals surface area contributed by atoms with E-state index in [1.807, 2.05) is 6.92 Å². The van der Waals surface area contributed by atoms with Gasteiger partial charge >= 0.3 is 0 Å². The van der Waals surface area contributed by atoms with E-state index in [-0.39, 0.29) is 17.4 Å². The Morgan fingerprint density at radius 3 is 2.55 bits per heavy atom. The first-order valence-electron chi connectivity index (χ1n) is 7.89. The largest absolute Gasteiger partial charge is 0.383 e. The lowest BCUT2D eigenvalue weighted by atomic mass is 9.48. The van der Waals surface area contributed by atoms with Gasteiger partial charge in [-0.1, -0.05) is 15.9 Å². The minimum absolute atomic E-state index is 0.111. The highest BCUT2D eigenvalue weighted by molar-refractivity contribution is 9.10. The van der Waals surface area contributed by atoms with Crippen molar-refractivity contribution in [1.82, 2.24) is 5.32 Å². The Morgan fingerprint density at radius 2 is 2.00 bits per heavy atom. The molecule has 0 radical (unpaired) electrons. The predicted molar refractivity (Wildman–Crippen MR) is 82.9 cm³/mol. The molecule has 0 unspecified atom stereocenters. The average molecular weight is 344 g/mol. The van der Waals surface area contributed by atoms with E-state index in [4.69, 9.17) is 4.74 Å². The molecule has 4 rings (SSSR count). The number of carbonyl (C=O) groups is 1. The van der Waals surface area contributed by atoms with E-state index in [0.717, 1.165) is 11.8 Å². The van der Waals surface area contributed by atoms with Gasteiger partial charge in [-0.25, -0.2) is 0 Å². The highest BCUT2D eigenvalue weighted by Gasteiger charge is 2.57. The second kappa shape index (κ2) is 5.28. The Hall–Kier alpha value is -0.0900. The van der Waals surface area contributed by atoms with E-state index in [0.29, 0.717) is 17.4 Å². The number of ether oxygens (including phenoxy) is 1. The van der Waals surface area contributed by atoms with Gasteiger partial charge in [-0.15, -0.1) is 0 Å². The van der Waals surface area contributed by atoms with Crippen LogP contribution in [0, 0.1) is 17.3 Å². The summed E-state index contributed by atoms with van der Waals surface area (Å²) >= 11 is 4.01. The molecule has 20 heavy (non-hydrogen) atoms. The van der Waals surface area contributed by atoms with Crippen LogP contribution in [0.25, 0.3) is 0 Å². The Kier molecular flexibility index (Phi) is 3.91. The van der Waals surface area contributed by atoms with Gasteiger partial charge in [0.25, 0.3) is 0 Å². The quantitative estimate of drug-likeness (QED) is 0.778. The predicted octanol–water partition coefficient (Wildman–Crippen LogP) is 3.26. The molecule has 0 aliphatic heterocycles. The van der Waals surface area contributed by atoms with Gasteiger partial charge in [-0.05, 0) is 62.7 Å². The SMILES string of the molecule is COC[C@H](C)NC(=O)CC12C[C@H]3C[C@@H](CC(Br)(C3)C1)C2. The molecule has 4 saturated carbocycles. The van der Waals surface area contributed by atoms with Crippen LogP contribution in [0.2, 0.25) is 0 Å². The maximum absolute atomic E-state index is 12.3. The number of rotatable bonds is 5. The van der Waals surface area contributed by atoms with Crippen LogP contribution in [0.15, 0.2) is 0 Å². The van der Waals surface area contributed by atoms with Crippen molar-refractivity contribution >= 4 is 21.8 Å². The number of nitrogens with one attached hydrogen (secondary N) is 1. The molecule has 114 valence electrons. The van der Waals surface area contributed by atoms with Crippen LogP contribution >= 0.6 is 15.9 Å². The zero-order chi connectivity index (χ0) is 14.4. The zero-order valence-electron chi connectivity index (χ0n) is 12.6. The van der Waals surface area contributed by atoms with Crippen LogP contribution in [0.3, 0.4) is 0 Å². The molecule has 4 bridgehead atoms. The van der Waals surface area contributed by atoms with E-state index in [9.17, 15) is 4.79 Å². The van der Waals surface area contributed by atoms with Crippen molar-refractivity contribution in [2.75, 3.05) is 13.7 Å². The fourth-order valence-corrected chi connectivity index (χ4v) is 7.01. The Morgan fingerprint density at radius 1 is 1.35 bits per heavy atom. The molecule has 0 saturated heterocycles. The number of methoxy groups -OCH3 is 1. The minimum Gasteiger partial charge on any atom is -0.383 e. The summed E-state index contributed by atoms with van der Waals surface area (Å²) in [5, 5.41) is 3.09. The third-order valence-electron chi connectivity index (χ3n) is 5.47. The number of carbonyl (C=O) groups excluding carboxylic acids is 1. The van der Waals surface area contributed by atoms with Crippen molar-refractivity contribution in [2.45, 2.75) is 62.2 Å². The molecule has 0 spiro atoms. The van der Waals surface area contributed by atoms with Gasteiger partial charge in [0.05, 0.1) is 6.61 Å². The topological polar surface area (TPSA) is 38.3 Å². The molecule has 0 aromatic carbocycles. The van der Waals surface area contributed by atoms with Crippen molar-refractivity contribution in [3.05, 3.63) is 0 Å². The third-order valence-corrected chi connectivity index (χ3v) is 6.40. The summed E-state index contributed by atoms with van der Waals surface area (Å²) in [6, 6.07) is 0.111. The van der Waals surface area contributed by atoms with Crippen molar-refractivity contribution in [2.24, 2.45) is 17.3 Å². The van der Waals surface area contributed by atoms with Crippen LogP contribution in [0.5, 0.6) is 0 Å². The van der Waals surface area contributed by atoms with Gasteiger partial charge in [0.2, 0.25) is 5.91 Å². The van der Waals surface area contributed by atoms with Crippen molar-refractivity contribution < 1.29 is 9.53 Å². The molecular formula is C16H26BrNO2. The van der Waals surface area contributed by atoms with Crippen molar-refractivity contribution in [3.8, 4) is 0 Å². The molecular weight excluding hydrogens is 318 g/mol. The molecule has 4 aliphatic carbocycles. The van der Waals surface area contributed by atoms with Crippen molar-refractivity contribution in [1.29, 1.82) is 0 Å². The number of hydrogen-bond acceptors (Lipinski definition) is 2. The summed E-state index contributed by atoms with van der Waals surface area (Å²) in [4.78, 5) is 12.3. The summed E-state index contributed by atoms with van der Waals surface area (Å²) in [6.07, 6.45) is 8.49. The molecule has 3 atom stereocenters. The van der Waals surface area contributed by atoms with Gasteiger partial charge < -0.3 is 10.1 Å². The summed E-state index contributed by atoms with van der Waals surface area (Å²) in [6.45, 7) is 2.60. The van der Waals surface area contributed by atoms with E-state index in [1.165, 1.54) is 38.5 Å². The van der Waals surface area contributed by atoms with Crippen LogP contribution in [-0.4, -0.2) is 30.0 Å². The fourth-order valence-electron chi connectivity index (χ4n) is 5.50. The lowest BCUT2D eigenvalue weighted by Crippen LogP contribution is -2.54. The first-order valence-corrected chi connectivity index (χ1v) is 8.69. The summed E-state index contributed by atoms with van der Waals surface area (Å²) in [7, 11) is 1.68. The summed E-state index contributed by atoms with van der Waals surface area (Å²) in [5.74, 6) is 1.91. The summed E-state index contributed by atoms with van der Waals surface area (Å²) < 4.78 is 5.43. The van der Waals surface area contributed by atoms with Gasteiger partial charge in [0, 0.05) is 23.9 Å². The minimum atomic E-state index is 0.111. The van der Waals surface area contributed by atoms with Crippen LogP contribution in [0.4, 0.5) is 0 Å². The number of alkyl halides is 1. The summed E-state index contributed by atoms with van der Waals surface area (Å²) in [5.41, 5.74) is 0.268. The van der Waals surface area contributed by atoms with E-state index < -0.39 is 0 Å². The van der Waals surface area contributed by atoms with Crippen LogP contribution in [-0.2, 0) is 9.53 Å². The number of amides is 1. The van der Waals surface area contributed by atoms with Crippen LogP contribution < -0.4 is 5.32 Å². The van der Waals surface area contributed by atoms with Gasteiger partial charge in [0.1, 0.15) is 0 Å². The van der Waals surface area contributed by atoms with Gasteiger partial charge in [-0.3, -0.25) is 4.79 Å². The maximum atomic E-state index is 12.3. The van der Waals surface area contributed by atoms with Gasteiger partial charge in [-0.2, -0.15) is 0 Å². The fraction of sp³-hybridized carbons (Fsp3) is 0.938. The second-order valence-electron chi connectivity index (χ2n) is 7.71. The molecule has 4 fully saturated rings. The van der Waals surface area contributed by atoms with E-state index >= 15 is 0 Å². The molecule has 1 N–H and O–H groups in total. The normalized spacial score (nSPS) is 43.5. The highest BCUT2D eigenvalue weighted by Crippen LogP contribution is 2.65. The lowest BCUT2D eigenvalue weighted by molar-refractivity contribution is -0.129. The smallest absolute Gasteiger partial charge is 0.220 e. The molecule has 0 aromatic rings. The standard InChI is InChI=1S/C16H26BrNO2/c1-11(9-20-2)18-14(19)8-15-4-12-3-13(5-15)7-16(17,6-12)10-15/h11-13H,3-10H2,1-2H3,(H,18,19)/t11-,12+,13+,15?,16?/m0/s1. The third kappa shape index (κ3) is 2.92. The van der Waals surface area contributed by atoms with Crippen molar-refractivity contribution in [3.63, 3.8) is 0 Å². The average Bonchev–Trinajstić information content (AvgIpc) is 2.23. The zero-order valence-corrected chi connectivity index (χ0v) is 14.2. The molecule has 4 heteroatoms. The Labute approximate surface area is 130 Å². The molecule has 4 aliphatic rings. The Bertz CT molecular complexity index is 384. The van der Waals surface area contributed by atoms with E-state index in [2.05, 4.69) is 21.2 Å². The first kappa shape index (κ1) is 14.8. The van der Waals surface area contributed by atoms with Crippen LogP contribution in [0.1, 0.15) is 51.9 Å². The van der Waals surface area contributed by atoms with E-state index in [1.54, 1.807) is 7.11 Å². The first-order chi connectivity index (χ1) is 9.42.